The number of benzene rings is 2. The minimum absolute atomic E-state index is 0.105. The first-order valence-electron chi connectivity index (χ1n) is 13.5. The Morgan fingerprint density at radius 1 is 0.952 bits per heavy atom. The van der Waals surface area contributed by atoms with E-state index >= 15 is 0 Å². The molecular weight excluding hydrogens is 538 g/mol. The third kappa shape index (κ3) is 6.85. The number of carbonyl (C=O) groups is 2. The molecule has 1 fully saturated rings. The van der Waals surface area contributed by atoms with Crippen LogP contribution in [0.2, 0.25) is 0 Å². The Bertz CT molecular complexity index is 1580. The van der Waals surface area contributed by atoms with E-state index in [1.54, 1.807) is 61.7 Å². The van der Waals surface area contributed by atoms with Gasteiger partial charge in [-0.05, 0) is 69.5 Å². The van der Waals surface area contributed by atoms with Gasteiger partial charge in [-0.25, -0.2) is 19.7 Å². The zero-order valence-electron chi connectivity index (χ0n) is 24.2. The van der Waals surface area contributed by atoms with Crippen molar-refractivity contribution in [2.75, 3.05) is 24.4 Å². The number of ether oxygens (including phenoxy) is 4. The molecule has 2 aromatic heterocycles. The van der Waals surface area contributed by atoms with Crippen LogP contribution in [0.4, 0.5) is 16.3 Å². The van der Waals surface area contributed by atoms with E-state index in [1.165, 1.54) is 6.33 Å². The monoisotopic (exact) mass is 571 g/mol. The van der Waals surface area contributed by atoms with Crippen LogP contribution in [0, 0.1) is 0 Å². The maximum Gasteiger partial charge on any atom is 0.415 e. The SMILES string of the molecule is COc1cc2ncnc(Oc3ccc(CC(=O)Nc4ccc(N(C(=O)OC(C)(C)C)C5CC5)cn4)cc3)c2cc1OC. The zero-order chi connectivity index (χ0) is 29.9. The molecule has 0 spiro atoms. The van der Waals surface area contributed by atoms with Gasteiger partial charge < -0.3 is 24.3 Å². The van der Waals surface area contributed by atoms with Gasteiger partial charge in [0, 0.05) is 12.1 Å². The van der Waals surface area contributed by atoms with Crippen LogP contribution in [0.25, 0.3) is 10.9 Å². The van der Waals surface area contributed by atoms with Crippen LogP contribution >= 0.6 is 0 Å². The fourth-order valence-corrected chi connectivity index (χ4v) is 4.31. The highest BCUT2D eigenvalue weighted by Crippen LogP contribution is 2.36. The molecule has 1 N–H and O–H groups in total. The molecule has 4 aromatic rings. The Morgan fingerprint density at radius 3 is 2.29 bits per heavy atom. The van der Waals surface area contributed by atoms with Crippen molar-refractivity contribution >= 4 is 34.4 Å². The molecule has 0 saturated heterocycles. The van der Waals surface area contributed by atoms with Crippen molar-refractivity contribution in [3.05, 3.63) is 66.6 Å². The summed E-state index contributed by atoms with van der Waals surface area (Å²) in [4.78, 5) is 40.0. The van der Waals surface area contributed by atoms with Crippen molar-refractivity contribution in [2.45, 2.75) is 51.7 Å². The van der Waals surface area contributed by atoms with E-state index in [2.05, 4.69) is 20.3 Å². The lowest BCUT2D eigenvalue weighted by molar-refractivity contribution is -0.115. The minimum atomic E-state index is -0.594. The van der Waals surface area contributed by atoms with Gasteiger partial charge in [0.2, 0.25) is 11.8 Å². The quantitative estimate of drug-likeness (QED) is 0.261. The standard InChI is InChI=1S/C31H33N5O6/c1-31(2,3)42-30(38)36(20-8-9-20)21-10-13-27(32-17-21)35-28(37)14-19-6-11-22(12-7-19)41-29-23-15-25(39-4)26(40-5)16-24(23)33-18-34-29/h6-7,10-13,15-18,20H,8-9,14H2,1-5H3,(H,32,35,37). The summed E-state index contributed by atoms with van der Waals surface area (Å²) >= 11 is 0. The Morgan fingerprint density at radius 2 is 1.67 bits per heavy atom. The van der Waals surface area contributed by atoms with Crippen molar-refractivity contribution < 1.29 is 28.5 Å². The van der Waals surface area contributed by atoms with Gasteiger partial charge >= 0.3 is 6.09 Å². The summed E-state index contributed by atoms with van der Waals surface area (Å²) in [5.41, 5.74) is 1.48. The van der Waals surface area contributed by atoms with Crippen LogP contribution in [-0.2, 0) is 16.0 Å². The number of fused-ring (bicyclic) bond motifs is 1. The zero-order valence-corrected chi connectivity index (χ0v) is 24.2. The molecule has 0 atom stereocenters. The van der Waals surface area contributed by atoms with Gasteiger partial charge in [0.15, 0.2) is 11.5 Å². The number of aromatic nitrogens is 3. The average Bonchev–Trinajstić information content (AvgIpc) is 3.79. The first kappa shape index (κ1) is 28.6. The number of amides is 2. The highest BCUT2D eigenvalue weighted by Gasteiger charge is 2.36. The van der Waals surface area contributed by atoms with E-state index < -0.39 is 11.7 Å². The summed E-state index contributed by atoms with van der Waals surface area (Å²) in [6, 6.07) is 14.2. The molecule has 0 radical (unpaired) electrons. The molecule has 0 unspecified atom stereocenters. The third-order valence-corrected chi connectivity index (χ3v) is 6.40. The molecule has 11 nitrogen and oxygen atoms in total. The maximum absolute atomic E-state index is 12.7. The summed E-state index contributed by atoms with van der Waals surface area (Å²) in [6.45, 7) is 5.51. The Labute approximate surface area is 243 Å². The Kier molecular flexibility index (Phi) is 8.10. The molecule has 42 heavy (non-hydrogen) atoms. The van der Waals surface area contributed by atoms with Gasteiger partial charge in [0.05, 0.1) is 43.4 Å². The van der Waals surface area contributed by atoms with Crippen molar-refractivity contribution in [1.29, 1.82) is 0 Å². The second kappa shape index (κ2) is 11.9. The molecule has 2 heterocycles. The van der Waals surface area contributed by atoms with Crippen molar-refractivity contribution in [2.24, 2.45) is 0 Å². The number of hydrogen-bond donors (Lipinski definition) is 1. The highest BCUT2D eigenvalue weighted by atomic mass is 16.6. The average molecular weight is 572 g/mol. The number of methoxy groups -OCH3 is 2. The van der Waals surface area contributed by atoms with E-state index in [4.69, 9.17) is 18.9 Å². The van der Waals surface area contributed by atoms with E-state index in [0.29, 0.717) is 45.5 Å². The highest BCUT2D eigenvalue weighted by molar-refractivity contribution is 5.92. The maximum atomic E-state index is 12.7. The normalized spacial score (nSPS) is 12.9. The molecule has 218 valence electrons. The fraction of sp³-hybridized carbons (Fsp3) is 0.323. The Hall–Kier alpha value is -4.93. The summed E-state index contributed by atoms with van der Waals surface area (Å²) in [6.07, 6.45) is 4.58. The molecule has 11 heteroatoms. The topological polar surface area (TPSA) is 125 Å². The van der Waals surface area contributed by atoms with Crippen LogP contribution in [0.5, 0.6) is 23.1 Å². The summed E-state index contributed by atoms with van der Waals surface area (Å²) < 4.78 is 22.3. The molecule has 0 bridgehead atoms. The number of nitrogens with one attached hydrogen (secondary N) is 1. The van der Waals surface area contributed by atoms with Crippen molar-refractivity contribution in [3.63, 3.8) is 0 Å². The first-order valence-corrected chi connectivity index (χ1v) is 13.5. The smallest absolute Gasteiger partial charge is 0.415 e. The number of anilines is 2. The van der Waals surface area contributed by atoms with Gasteiger partial charge in [-0.15, -0.1) is 0 Å². The predicted octanol–water partition coefficient (Wildman–Crippen LogP) is 5.92. The minimum Gasteiger partial charge on any atom is -0.493 e. The molecule has 1 aliphatic rings. The number of nitrogens with zero attached hydrogens (tertiary/aromatic N) is 4. The van der Waals surface area contributed by atoms with Gasteiger partial charge in [-0.1, -0.05) is 12.1 Å². The molecule has 1 saturated carbocycles. The molecule has 2 aromatic carbocycles. The lowest BCUT2D eigenvalue weighted by Gasteiger charge is -2.27. The largest absolute Gasteiger partial charge is 0.493 e. The summed E-state index contributed by atoms with van der Waals surface area (Å²) in [7, 11) is 3.12. The van der Waals surface area contributed by atoms with E-state index in [0.717, 1.165) is 18.4 Å². The predicted molar refractivity (Wildman–Crippen MR) is 157 cm³/mol. The van der Waals surface area contributed by atoms with Crippen LogP contribution in [-0.4, -0.2) is 52.8 Å². The Balaban J connectivity index is 1.20. The number of carbonyl (C=O) groups excluding carboxylic acids is 2. The molecule has 2 amide bonds. The van der Waals surface area contributed by atoms with Crippen LogP contribution in [0.15, 0.2) is 61.1 Å². The second-order valence-electron chi connectivity index (χ2n) is 10.9. The van der Waals surface area contributed by atoms with Gasteiger partial charge in [-0.2, -0.15) is 0 Å². The van der Waals surface area contributed by atoms with E-state index in [9.17, 15) is 9.59 Å². The number of hydrogen-bond acceptors (Lipinski definition) is 9. The lowest BCUT2D eigenvalue weighted by Crippen LogP contribution is -2.38. The molecule has 5 rings (SSSR count). The molecule has 0 aliphatic heterocycles. The van der Waals surface area contributed by atoms with Crippen LogP contribution < -0.4 is 24.4 Å². The first-order chi connectivity index (χ1) is 20.1. The molecular formula is C31H33N5O6. The second-order valence-corrected chi connectivity index (χ2v) is 10.9. The number of pyridine rings is 1. The lowest BCUT2D eigenvalue weighted by atomic mass is 10.1. The summed E-state index contributed by atoms with van der Waals surface area (Å²) in [5, 5.41) is 3.48. The van der Waals surface area contributed by atoms with E-state index in [-0.39, 0.29) is 18.4 Å². The third-order valence-electron chi connectivity index (χ3n) is 6.40. The van der Waals surface area contributed by atoms with Gasteiger partial charge in [0.25, 0.3) is 0 Å². The number of rotatable bonds is 9. The van der Waals surface area contributed by atoms with Crippen LogP contribution in [0.1, 0.15) is 39.2 Å². The van der Waals surface area contributed by atoms with Gasteiger partial charge in [0.1, 0.15) is 23.5 Å². The molecule has 1 aliphatic carbocycles. The van der Waals surface area contributed by atoms with Gasteiger partial charge in [-0.3, -0.25) is 9.69 Å². The van der Waals surface area contributed by atoms with Crippen LogP contribution in [0.3, 0.4) is 0 Å². The van der Waals surface area contributed by atoms with E-state index in [1.807, 2.05) is 32.9 Å². The summed E-state index contributed by atoms with van der Waals surface area (Å²) in [5.74, 6) is 2.19. The van der Waals surface area contributed by atoms with Crippen molar-refractivity contribution in [3.8, 4) is 23.1 Å². The fourth-order valence-electron chi connectivity index (χ4n) is 4.31. The van der Waals surface area contributed by atoms with Crippen molar-refractivity contribution in [1.82, 2.24) is 15.0 Å².